The highest BCUT2D eigenvalue weighted by Gasteiger charge is 2.30. The largest absolute Gasteiger partial charge is 0.480 e. The van der Waals surface area contributed by atoms with E-state index in [1.165, 1.54) is 11.3 Å². The number of aliphatic carboxylic acids is 1. The zero-order valence-electron chi connectivity index (χ0n) is 10.7. The molecule has 1 aliphatic carbocycles. The number of hydrogen-bond donors (Lipinski definition) is 2. The highest BCUT2D eigenvalue weighted by molar-refractivity contribution is 7.07. The van der Waals surface area contributed by atoms with Crippen molar-refractivity contribution in [2.45, 2.75) is 44.6 Å². The first-order valence-corrected chi connectivity index (χ1v) is 7.50. The van der Waals surface area contributed by atoms with Crippen LogP contribution in [0.15, 0.2) is 10.9 Å². The Morgan fingerprint density at radius 3 is 2.74 bits per heavy atom. The molecule has 0 aromatic carbocycles. The first kappa shape index (κ1) is 14.0. The molecule has 1 heterocycles. The van der Waals surface area contributed by atoms with Crippen LogP contribution < -0.4 is 5.32 Å². The van der Waals surface area contributed by atoms with Gasteiger partial charge in [-0.15, -0.1) is 11.3 Å². The number of carboxylic acids is 1. The van der Waals surface area contributed by atoms with E-state index in [0.717, 1.165) is 32.1 Å². The topological polar surface area (TPSA) is 79.3 Å². The Hall–Kier alpha value is -1.43. The Morgan fingerprint density at radius 1 is 1.42 bits per heavy atom. The van der Waals surface area contributed by atoms with Crippen LogP contribution in [0.4, 0.5) is 0 Å². The van der Waals surface area contributed by atoms with Gasteiger partial charge in [0, 0.05) is 5.38 Å². The van der Waals surface area contributed by atoms with Crippen molar-refractivity contribution in [1.29, 1.82) is 0 Å². The lowest BCUT2D eigenvalue weighted by atomic mass is 9.84. The SMILES string of the molecule is O=C(Cc1cscn1)NC(C(=O)O)C1CCCCC1. The Bertz CT molecular complexity index is 427. The van der Waals surface area contributed by atoms with Gasteiger partial charge in [-0.1, -0.05) is 19.3 Å². The molecule has 1 fully saturated rings. The van der Waals surface area contributed by atoms with Crippen LogP contribution in [-0.2, 0) is 16.0 Å². The molecule has 1 aromatic rings. The van der Waals surface area contributed by atoms with Gasteiger partial charge in [0.2, 0.25) is 5.91 Å². The number of rotatable bonds is 5. The second-order valence-corrected chi connectivity index (χ2v) is 5.66. The fourth-order valence-electron chi connectivity index (χ4n) is 2.56. The maximum atomic E-state index is 11.9. The van der Waals surface area contributed by atoms with Crippen LogP contribution in [-0.4, -0.2) is 28.0 Å². The van der Waals surface area contributed by atoms with Crippen LogP contribution in [0.5, 0.6) is 0 Å². The van der Waals surface area contributed by atoms with E-state index in [2.05, 4.69) is 10.3 Å². The van der Waals surface area contributed by atoms with Gasteiger partial charge in [-0.05, 0) is 18.8 Å². The van der Waals surface area contributed by atoms with Gasteiger partial charge in [0.25, 0.3) is 0 Å². The highest BCUT2D eigenvalue weighted by atomic mass is 32.1. The summed E-state index contributed by atoms with van der Waals surface area (Å²) in [6, 6.07) is -0.758. The van der Waals surface area contributed by atoms with E-state index in [4.69, 9.17) is 0 Å². The number of carbonyl (C=O) groups excluding carboxylic acids is 1. The monoisotopic (exact) mass is 282 g/mol. The zero-order valence-corrected chi connectivity index (χ0v) is 11.5. The molecule has 1 unspecified atom stereocenters. The summed E-state index contributed by atoms with van der Waals surface area (Å²) in [6.45, 7) is 0. The fourth-order valence-corrected chi connectivity index (χ4v) is 3.12. The quantitative estimate of drug-likeness (QED) is 0.863. The molecular formula is C13H18N2O3S. The van der Waals surface area contributed by atoms with Crippen LogP contribution >= 0.6 is 11.3 Å². The third-order valence-corrected chi connectivity index (χ3v) is 4.16. The van der Waals surface area contributed by atoms with Gasteiger partial charge in [-0.3, -0.25) is 4.79 Å². The Balaban J connectivity index is 1.92. The van der Waals surface area contributed by atoms with Gasteiger partial charge in [0.1, 0.15) is 6.04 Å². The Morgan fingerprint density at radius 2 is 2.16 bits per heavy atom. The van der Waals surface area contributed by atoms with E-state index in [9.17, 15) is 14.7 Å². The first-order chi connectivity index (χ1) is 9.16. The Kier molecular flexibility index (Phi) is 4.90. The van der Waals surface area contributed by atoms with Crippen molar-refractivity contribution in [2.75, 3.05) is 0 Å². The van der Waals surface area contributed by atoms with Crippen molar-refractivity contribution < 1.29 is 14.7 Å². The second-order valence-electron chi connectivity index (χ2n) is 4.94. The molecule has 1 atom stereocenters. The molecule has 6 heteroatoms. The lowest BCUT2D eigenvalue weighted by Gasteiger charge is -2.27. The molecular weight excluding hydrogens is 264 g/mol. The van der Waals surface area contributed by atoms with E-state index >= 15 is 0 Å². The van der Waals surface area contributed by atoms with Crippen LogP contribution in [0, 0.1) is 5.92 Å². The molecule has 19 heavy (non-hydrogen) atoms. The van der Waals surface area contributed by atoms with Gasteiger partial charge < -0.3 is 10.4 Å². The van der Waals surface area contributed by atoms with Crippen LogP contribution in [0.25, 0.3) is 0 Å². The van der Waals surface area contributed by atoms with Gasteiger partial charge in [-0.2, -0.15) is 0 Å². The van der Waals surface area contributed by atoms with Crippen molar-refractivity contribution in [1.82, 2.24) is 10.3 Å². The molecule has 2 N–H and O–H groups in total. The third kappa shape index (κ3) is 4.02. The normalized spacial score (nSPS) is 17.9. The third-order valence-electron chi connectivity index (χ3n) is 3.53. The summed E-state index contributed by atoms with van der Waals surface area (Å²) in [5.41, 5.74) is 2.36. The van der Waals surface area contributed by atoms with Crippen LogP contribution in [0.3, 0.4) is 0 Å². The molecule has 0 saturated heterocycles. The molecule has 1 aromatic heterocycles. The van der Waals surface area contributed by atoms with E-state index in [-0.39, 0.29) is 18.2 Å². The molecule has 1 amide bonds. The second kappa shape index (κ2) is 6.65. The molecule has 104 valence electrons. The average molecular weight is 282 g/mol. The predicted octanol–water partition coefficient (Wildman–Crippen LogP) is 1.84. The first-order valence-electron chi connectivity index (χ1n) is 6.56. The molecule has 0 radical (unpaired) electrons. The van der Waals surface area contributed by atoms with Gasteiger partial charge in [0.15, 0.2) is 0 Å². The van der Waals surface area contributed by atoms with Crippen molar-refractivity contribution in [3.8, 4) is 0 Å². The Labute approximate surface area is 116 Å². The number of amides is 1. The van der Waals surface area contributed by atoms with E-state index in [1.807, 2.05) is 0 Å². The summed E-state index contributed by atoms with van der Waals surface area (Å²) < 4.78 is 0. The van der Waals surface area contributed by atoms with E-state index < -0.39 is 12.0 Å². The fraction of sp³-hybridized carbons (Fsp3) is 0.615. The molecule has 1 saturated carbocycles. The molecule has 2 rings (SSSR count). The van der Waals surface area contributed by atoms with Crippen LogP contribution in [0.2, 0.25) is 0 Å². The maximum absolute atomic E-state index is 11.9. The summed E-state index contributed by atoms with van der Waals surface area (Å²) in [4.78, 5) is 27.2. The lowest BCUT2D eigenvalue weighted by Crippen LogP contribution is -2.47. The summed E-state index contributed by atoms with van der Waals surface area (Å²) in [5.74, 6) is -1.13. The molecule has 5 nitrogen and oxygen atoms in total. The smallest absolute Gasteiger partial charge is 0.326 e. The predicted molar refractivity (Wildman–Crippen MR) is 72.0 cm³/mol. The highest BCUT2D eigenvalue weighted by Crippen LogP contribution is 2.26. The van der Waals surface area contributed by atoms with Crippen molar-refractivity contribution in [3.05, 3.63) is 16.6 Å². The van der Waals surface area contributed by atoms with Gasteiger partial charge >= 0.3 is 5.97 Å². The number of carboxylic acid groups (broad SMARTS) is 1. The molecule has 0 spiro atoms. The molecule has 1 aliphatic rings. The summed E-state index contributed by atoms with van der Waals surface area (Å²) in [5, 5.41) is 13.7. The van der Waals surface area contributed by atoms with Crippen molar-refractivity contribution in [3.63, 3.8) is 0 Å². The average Bonchev–Trinajstić information content (AvgIpc) is 2.89. The summed E-state index contributed by atoms with van der Waals surface area (Å²) in [7, 11) is 0. The van der Waals surface area contributed by atoms with Gasteiger partial charge in [0.05, 0.1) is 17.6 Å². The number of aromatic nitrogens is 1. The minimum Gasteiger partial charge on any atom is -0.480 e. The maximum Gasteiger partial charge on any atom is 0.326 e. The number of hydrogen-bond acceptors (Lipinski definition) is 4. The molecule has 0 aliphatic heterocycles. The molecule has 0 bridgehead atoms. The lowest BCUT2D eigenvalue weighted by molar-refractivity contribution is -0.143. The minimum atomic E-state index is -0.932. The van der Waals surface area contributed by atoms with Crippen molar-refractivity contribution >= 4 is 23.2 Å². The zero-order chi connectivity index (χ0) is 13.7. The number of thiazole rings is 1. The van der Waals surface area contributed by atoms with E-state index in [1.54, 1.807) is 10.9 Å². The summed E-state index contributed by atoms with van der Waals surface area (Å²) in [6.07, 6.45) is 5.18. The standard InChI is InChI=1S/C13H18N2O3S/c16-11(6-10-7-19-8-14-10)15-12(13(17)18)9-4-2-1-3-5-9/h7-9,12H,1-6H2,(H,15,16)(H,17,18). The minimum absolute atomic E-state index is 0.0608. The van der Waals surface area contributed by atoms with E-state index in [0.29, 0.717) is 5.69 Å². The van der Waals surface area contributed by atoms with Crippen molar-refractivity contribution in [2.24, 2.45) is 5.92 Å². The summed E-state index contributed by atoms with van der Waals surface area (Å²) >= 11 is 1.43. The number of nitrogens with one attached hydrogen (secondary N) is 1. The number of carbonyl (C=O) groups is 2. The van der Waals surface area contributed by atoms with Crippen LogP contribution in [0.1, 0.15) is 37.8 Å². The number of nitrogens with zero attached hydrogens (tertiary/aromatic N) is 1. The van der Waals surface area contributed by atoms with Gasteiger partial charge in [-0.25, -0.2) is 9.78 Å².